The number of amides is 1. The van der Waals surface area contributed by atoms with E-state index in [4.69, 9.17) is 0 Å². The molecule has 1 heterocycles. The maximum absolute atomic E-state index is 12.7. The van der Waals surface area contributed by atoms with Gasteiger partial charge in [0.25, 0.3) is 0 Å². The van der Waals surface area contributed by atoms with Crippen LogP contribution < -0.4 is 5.32 Å². The summed E-state index contributed by atoms with van der Waals surface area (Å²) in [6.45, 7) is 1.99. The minimum atomic E-state index is -0.575. The summed E-state index contributed by atoms with van der Waals surface area (Å²) in [4.78, 5) is 15.4. The van der Waals surface area contributed by atoms with E-state index in [1.807, 2.05) is 6.92 Å². The Morgan fingerprint density at radius 3 is 2.87 bits per heavy atom. The van der Waals surface area contributed by atoms with Gasteiger partial charge < -0.3 is 5.32 Å². The lowest BCUT2D eigenvalue weighted by Gasteiger charge is -2.11. The van der Waals surface area contributed by atoms with E-state index in [0.717, 1.165) is 19.3 Å². The topological polar surface area (TPSA) is 42.0 Å². The predicted octanol–water partition coefficient (Wildman–Crippen LogP) is 2.35. The predicted molar refractivity (Wildman–Crippen MR) is 54.8 cm³/mol. The second-order valence-electron chi connectivity index (χ2n) is 3.93. The number of anilines is 1. The van der Waals surface area contributed by atoms with Crippen molar-refractivity contribution in [2.45, 2.75) is 26.2 Å². The Bertz CT molecular complexity index is 388. The Kier molecular flexibility index (Phi) is 2.42. The molecule has 4 heteroatoms. The molecule has 0 unspecified atom stereocenters. The van der Waals surface area contributed by atoms with E-state index in [-0.39, 0.29) is 11.3 Å². The number of hydrogen-bond acceptors (Lipinski definition) is 2. The molecular weight excluding hydrogens is 195 g/mol. The third-order valence-electron chi connectivity index (χ3n) is 2.97. The monoisotopic (exact) mass is 208 g/mol. The molecule has 0 aromatic carbocycles. The number of carbonyl (C=O) groups is 1. The van der Waals surface area contributed by atoms with Gasteiger partial charge in [0.15, 0.2) is 0 Å². The van der Waals surface area contributed by atoms with E-state index in [2.05, 4.69) is 10.3 Å². The van der Waals surface area contributed by atoms with Crippen LogP contribution in [-0.4, -0.2) is 10.9 Å². The fraction of sp³-hybridized carbons (Fsp3) is 0.455. The van der Waals surface area contributed by atoms with Gasteiger partial charge in [0.2, 0.25) is 11.9 Å². The standard InChI is InChI=1S/C11H13FN2O/c1-2-11(6-7-11)10(15)14-9-5-3-4-8(12)13-9/h3-5H,2,6-7H2,1H3,(H,13,14,15). The molecule has 0 aliphatic heterocycles. The average Bonchev–Trinajstić information content (AvgIpc) is 2.98. The normalized spacial score (nSPS) is 17.2. The Balaban J connectivity index is 2.06. The number of rotatable bonds is 3. The lowest BCUT2D eigenvalue weighted by Crippen LogP contribution is -2.24. The molecule has 1 aromatic heterocycles. The maximum atomic E-state index is 12.7. The molecule has 80 valence electrons. The van der Waals surface area contributed by atoms with Crippen molar-refractivity contribution in [2.75, 3.05) is 5.32 Å². The minimum absolute atomic E-state index is 0.0388. The van der Waals surface area contributed by atoms with Crippen LogP contribution in [0.25, 0.3) is 0 Å². The lowest BCUT2D eigenvalue weighted by molar-refractivity contribution is -0.121. The quantitative estimate of drug-likeness (QED) is 0.775. The van der Waals surface area contributed by atoms with E-state index < -0.39 is 5.95 Å². The summed E-state index contributed by atoms with van der Waals surface area (Å²) < 4.78 is 12.7. The summed E-state index contributed by atoms with van der Waals surface area (Å²) in [6.07, 6.45) is 2.67. The third-order valence-corrected chi connectivity index (χ3v) is 2.97. The molecule has 0 spiro atoms. The number of nitrogens with zero attached hydrogens (tertiary/aromatic N) is 1. The first-order chi connectivity index (χ1) is 7.16. The van der Waals surface area contributed by atoms with Gasteiger partial charge in [-0.05, 0) is 31.4 Å². The van der Waals surface area contributed by atoms with Crippen LogP contribution in [0, 0.1) is 11.4 Å². The lowest BCUT2D eigenvalue weighted by atomic mass is 10.0. The van der Waals surface area contributed by atoms with Gasteiger partial charge in [-0.25, -0.2) is 4.98 Å². The van der Waals surface area contributed by atoms with Crippen LogP contribution >= 0.6 is 0 Å². The first-order valence-corrected chi connectivity index (χ1v) is 5.10. The molecule has 15 heavy (non-hydrogen) atoms. The number of hydrogen-bond donors (Lipinski definition) is 1. The number of nitrogens with one attached hydrogen (secondary N) is 1. The zero-order chi connectivity index (χ0) is 10.9. The molecule has 1 saturated carbocycles. The highest BCUT2D eigenvalue weighted by Gasteiger charge is 2.47. The largest absolute Gasteiger partial charge is 0.310 e. The molecule has 1 N–H and O–H groups in total. The molecule has 0 bridgehead atoms. The number of pyridine rings is 1. The second-order valence-corrected chi connectivity index (χ2v) is 3.93. The summed E-state index contributed by atoms with van der Waals surface area (Å²) in [5, 5.41) is 2.65. The van der Waals surface area contributed by atoms with Crippen LogP contribution in [-0.2, 0) is 4.79 Å². The van der Waals surface area contributed by atoms with Gasteiger partial charge in [-0.15, -0.1) is 0 Å². The van der Waals surface area contributed by atoms with Gasteiger partial charge in [-0.1, -0.05) is 13.0 Å². The van der Waals surface area contributed by atoms with Gasteiger partial charge in [0, 0.05) is 5.41 Å². The van der Waals surface area contributed by atoms with Gasteiger partial charge in [0.05, 0.1) is 0 Å². The van der Waals surface area contributed by atoms with Crippen LogP contribution in [0.15, 0.2) is 18.2 Å². The summed E-state index contributed by atoms with van der Waals surface area (Å²) in [6, 6.07) is 4.37. The van der Waals surface area contributed by atoms with E-state index in [0.29, 0.717) is 5.82 Å². The molecule has 0 atom stereocenters. The molecule has 1 fully saturated rings. The van der Waals surface area contributed by atoms with Crippen LogP contribution in [0.1, 0.15) is 26.2 Å². The molecule has 2 rings (SSSR count). The van der Waals surface area contributed by atoms with Crippen molar-refractivity contribution < 1.29 is 9.18 Å². The summed E-state index contributed by atoms with van der Waals surface area (Å²) >= 11 is 0. The summed E-state index contributed by atoms with van der Waals surface area (Å²) in [5.41, 5.74) is -0.214. The molecular formula is C11H13FN2O. The van der Waals surface area contributed by atoms with E-state index >= 15 is 0 Å². The number of halogens is 1. The SMILES string of the molecule is CCC1(C(=O)Nc2cccc(F)n2)CC1. The zero-order valence-corrected chi connectivity index (χ0v) is 8.59. The smallest absolute Gasteiger partial charge is 0.231 e. The highest BCUT2D eigenvalue weighted by molar-refractivity contribution is 5.96. The number of carbonyl (C=O) groups excluding carboxylic acids is 1. The van der Waals surface area contributed by atoms with Crippen LogP contribution in [0.5, 0.6) is 0 Å². The van der Waals surface area contributed by atoms with Gasteiger partial charge in [-0.3, -0.25) is 4.79 Å². The highest BCUT2D eigenvalue weighted by Crippen LogP contribution is 2.49. The Hall–Kier alpha value is -1.45. The Labute approximate surface area is 87.7 Å². The van der Waals surface area contributed by atoms with Crippen molar-refractivity contribution in [1.29, 1.82) is 0 Å². The van der Waals surface area contributed by atoms with E-state index in [1.54, 1.807) is 6.07 Å². The van der Waals surface area contributed by atoms with E-state index in [9.17, 15) is 9.18 Å². The highest BCUT2D eigenvalue weighted by atomic mass is 19.1. The van der Waals surface area contributed by atoms with Crippen LogP contribution in [0.2, 0.25) is 0 Å². The average molecular weight is 208 g/mol. The molecule has 1 aliphatic rings. The summed E-state index contributed by atoms with van der Waals surface area (Å²) in [5.74, 6) is -0.322. The minimum Gasteiger partial charge on any atom is -0.310 e. The molecule has 1 aromatic rings. The molecule has 3 nitrogen and oxygen atoms in total. The first kappa shape index (κ1) is 10.1. The fourth-order valence-corrected chi connectivity index (χ4v) is 1.62. The molecule has 0 radical (unpaired) electrons. The fourth-order valence-electron chi connectivity index (χ4n) is 1.62. The van der Waals surface area contributed by atoms with Gasteiger partial charge >= 0.3 is 0 Å². The van der Waals surface area contributed by atoms with E-state index in [1.165, 1.54) is 12.1 Å². The Morgan fingerprint density at radius 1 is 1.60 bits per heavy atom. The van der Waals surface area contributed by atoms with Gasteiger partial charge in [0.1, 0.15) is 5.82 Å². The maximum Gasteiger partial charge on any atom is 0.231 e. The van der Waals surface area contributed by atoms with Crippen LogP contribution in [0.3, 0.4) is 0 Å². The van der Waals surface area contributed by atoms with Crippen molar-refractivity contribution in [1.82, 2.24) is 4.98 Å². The van der Waals surface area contributed by atoms with Crippen molar-refractivity contribution in [3.8, 4) is 0 Å². The van der Waals surface area contributed by atoms with Gasteiger partial charge in [-0.2, -0.15) is 4.39 Å². The van der Waals surface area contributed by atoms with Crippen molar-refractivity contribution in [2.24, 2.45) is 5.41 Å². The third kappa shape index (κ3) is 1.98. The second kappa shape index (κ2) is 3.61. The van der Waals surface area contributed by atoms with Crippen LogP contribution in [0.4, 0.5) is 10.2 Å². The zero-order valence-electron chi connectivity index (χ0n) is 8.59. The first-order valence-electron chi connectivity index (χ1n) is 5.10. The molecule has 1 amide bonds. The van der Waals surface area contributed by atoms with Crippen molar-refractivity contribution in [3.63, 3.8) is 0 Å². The Morgan fingerprint density at radius 2 is 2.33 bits per heavy atom. The number of aromatic nitrogens is 1. The summed E-state index contributed by atoms with van der Waals surface area (Å²) in [7, 11) is 0. The molecule has 1 aliphatic carbocycles. The molecule has 0 saturated heterocycles. The van der Waals surface area contributed by atoms with Crippen molar-refractivity contribution >= 4 is 11.7 Å². The van der Waals surface area contributed by atoms with Crippen molar-refractivity contribution in [3.05, 3.63) is 24.1 Å².